The van der Waals surface area contributed by atoms with Crippen molar-refractivity contribution in [3.05, 3.63) is 53.7 Å². The molecule has 1 amide bonds. The number of hydrogen-bond acceptors (Lipinski definition) is 4. The van der Waals surface area contributed by atoms with Crippen LogP contribution in [0.25, 0.3) is 0 Å². The van der Waals surface area contributed by atoms with E-state index in [9.17, 15) is 18.0 Å². The van der Waals surface area contributed by atoms with Gasteiger partial charge in [0.1, 0.15) is 5.75 Å². The molecule has 0 bridgehead atoms. The van der Waals surface area contributed by atoms with Crippen molar-refractivity contribution in [2.45, 2.75) is 25.1 Å². The van der Waals surface area contributed by atoms with Gasteiger partial charge in [0, 0.05) is 37.0 Å². The molecule has 0 saturated carbocycles. The number of amides is 1. The average molecular weight is 452 g/mol. The number of halogens is 5. The molecule has 0 radical (unpaired) electrons. The summed E-state index contributed by atoms with van der Waals surface area (Å²) < 4.78 is 43.1. The van der Waals surface area contributed by atoms with Gasteiger partial charge in [-0.3, -0.25) is 4.79 Å². The zero-order valence-corrected chi connectivity index (χ0v) is 17.2. The minimum Gasteiger partial charge on any atom is -0.439 e. The molecular formula is C19H22Cl2F3N3O2. The number of alkyl halides is 3. The summed E-state index contributed by atoms with van der Waals surface area (Å²) in [5.74, 6) is 0.398. The number of nitrogens with zero attached hydrogens (tertiary/aromatic N) is 2. The summed E-state index contributed by atoms with van der Waals surface area (Å²) in [5, 5.41) is 3.20. The van der Waals surface area contributed by atoms with Crippen molar-refractivity contribution in [3.63, 3.8) is 0 Å². The molecule has 3 rings (SSSR count). The summed E-state index contributed by atoms with van der Waals surface area (Å²) in [6, 6.07) is 8.87. The van der Waals surface area contributed by atoms with Crippen LogP contribution >= 0.6 is 24.8 Å². The number of carbonyl (C=O) groups is 1. The van der Waals surface area contributed by atoms with E-state index in [1.54, 1.807) is 24.3 Å². The predicted octanol–water partition coefficient (Wildman–Crippen LogP) is 4.56. The van der Waals surface area contributed by atoms with Crippen molar-refractivity contribution in [2.24, 2.45) is 0 Å². The second-order valence-corrected chi connectivity index (χ2v) is 6.39. The van der Waals surface area contributed by atoms with E-state index in [2.05, 4.69) is 10.3 Å². The summed E-state index contributed by atoms with van der Waals surface area (Å²) in [5.41, 5.74) is -0.295. The molecule has 1 aliphatic heterocycles. The van der Waals surface area contributed by atoms with Crippen molar-refractivity contribution in [1.29, 1.82) is 0 Å². The Bertz CT molecular complexity index is 787. The lowest BCUT2D eigenvalue weighted by atomic mass is 10.0. The van der Waals surface area contributed by atoms with Gasteiger partial charge < -0.3 is 15.0 Å². The van der Waals surface area contributed by atoms with Crippen LogP contribution in [0.3, 0.4) is 0 Å². The Kier molecular flexibility index (Phi) is 9.19. The van der Waals surface area contributed by atoms with E-state index in [4.69, 9.17) is 4.74 Å². The number of benzene rings is 1. The Labute approximate surface area is 179 Å². The number of carbonyl (C=O) groups excluding carboxylic acids is 1. The molecular weight excluding hydrogens is 430 g/mol. The number of hydrogen-bond donors (Lipinski definition) is 1. The number of aromatic nitrogens is 1. The van der Waals surface area contributed by atoms with E-state index in [0.717, 1.165) is 37.7 Å². The van der Waals surface area contributed by atoms with Gasteiger partial charge in [0.15, 0.2) is 0 Å². The van der Waals surface area contributed by atoms with E-state index >= 15 is 0 Å². The van der Waals surface area contributed by atoms with E-state index in [0.29, 0.717) is 23.9 Å². The van der Waals surface area contributed by atoms with E-state index in [-0.39, 0.29) is 36.6 Å². The SMILES string of the molecule is CNC1CCCN(C(=O)c2ccc(Oc3ccc(C(F)(F)F)cn3)cc2)C1.Cl.Cl. The van der Waals surface area contributed by atoms with Gasteiger partial charge in [-0.15, -0.1) is 24.8 Å². The van der Waals surface area contributed by atoms with Crippen LogP contribution in [-0.2, 0) is 6.18 Å². The molecule has 1 N–H and O–H groups in total. The van der Waals surface area contributed by atoms with Gasteiger partial charge in [0.05, 0.1) is 5.56 Å². The van der Waals surface area contributed by atoms with Crippen molar-refractivity contribution in [1.82, 2.24) is 15.2 Å². The zero-order valence-electron chi connectivity index (χ0n) is 15.6. The maximum Gasteiger partial charge on any atom is 0.417 e. The quantitative estimate of drug-likeness (QED) is 0.739. The first-order valence-electron chi connectivity index (χ1n) is 8.64. The lowest BCUT2D eigenvalue weighted by molar-refractivity contribution is -0.137. The predicted molar refractivity (Wildman–Crippen MR) is 108 cm³/mol. The molecule has 29 heavy (non-hydrogen) atoms. The largest absolute Gasteiger partial charge is 0.439 e. The minimum absolute atomic E-state index is 0. The Balaban J connectivity index is 0.00000210. The van der Waals surface area contributed by atoms with Crippen LogP contribution in [0.5, 0.6) is 11.6 Å². The van der Waals surface area contributed by atoms with Crippen molar-refractivity contribution >= 4 is 30.7 Å². The maximum atomic E-state index is 12.6. The molecule has 2 heterocycles. The number of ether oxygens (including phenoxy) is 1. The highest BCUT2D eigenvalue weighted by molar-refractivity contribution is 5.94. The number of pyridine rings is 1. The van der Waals surface area contributed by atoms with Crippen LogP contribution in [0.2, 0.25) is 0 Å². The topological polar surface area (TPSA) is 54.5 Å². The molecule has 10 heteroatoms. The maximum absolute atomic E-state index is 12.6. The fourth-order valence-electron chi connectivity index (χ4n) is 2.97. The monoisotopic (exact) mass is 451 g/mol. The number of piperidine rings is 1. The van der Waals surface area contributed by atoms with E-state index < -0.39 is 11.7 Å². The van der Waals surface area contributed by atoms with Gasteiger partial charge >= 0.3 is 6.18 Å². The van der Waals surface area contributed by atoms with Crippen molar-refractivity contribution in [3.8, 4) is 11.6 Å². The van der Waals surface area contributed by atoms with Gasteiger partial charge in [-0.25, -0.2) is 4.98 Å². The van der Waals surface area contributed by atoms with Crippen LogP contribution in [0, 0.1) is 0 Å². The van der Waals surface area contributed by atoms with Crippen LogP contribution in [-0.4, -0.2) is 42.0 Å². The summed E-state index contributed by atoms with van der Waals surface area (Å²) in [7, 11) is 1.89. The lowest BCUT2D eigenvalue weighted by Crippen LogP contribution is -2.46. The Morgan fingerprint density at radius 1 is 1.17 bits per heavy atom. The molecule has 1 aliphatic rings. The summed E-state index contributed by atoms with van der Waals surface area (Å²) in [6.07, 6.45) is -1.71. The highest BCUT2D eigenvalue weighted by Gasteiger charge is 2.30. The molecule has 0 spiro atoms. The molecule has 160 valence electrons. The highest BCUT2D eigenvalue weighted by atomic mass is 35.5. The second kappa shape index (κ2) is 10.7. The van der Waals surface area contributed by atoms with Gasteiger partial charge in [-0.05, 0) is 50.2 Å². The first-order valence-corrected chi connectivity index (χ1v) is 8.64. The third kappa shape index (κ3) is 6.48. The third-order valence-electron chi connectivity index (χ3n) is 4.50. The zero-order chi connectivity index (χ0) is 19.4. The fraction of sp³-hybridized carbons (Fsp3) is 0.368. The number of likely N-dealkylation sites (tertiary alicyclic amines) is 1. The van der Waals surface area contributed by atoms with Crippen LogP contribution in [0.1, 0.15) is 28.8 Å². The van der Waals surface area contributed by atoms with Crippen LogP contribution < -0.4 is 10.1 Å². The Hall–Kier alpha value is -2.03. The molecule has 1 saturated heterocycles. The highest BCUT2D eigenvalue weighted by Crippen LogP contribution is 2.30. The Morgan fingerprint density at radius 3 is 2.41 bits per heavy atom. The number of rotatable bonds is 4. The van der Waals surface area contributed by atoms with Gasteiger partial charge in [-0.2, -0.15) is 13.2 Å². The van der Waals surface area contributed by atoms with Crippen molar-refractivity contribution < 1.29 is 22.7 Å². The Morgan fingerprint density at radius 2 is 1.86 bits per heavy atom. The third-order valence-corrected chi connectivity index (χ3v) is 4.50. The first kappa shape index (κ1) is 25.0. The molecule has 1 unspecified atom stereocenters. The number of likely N-dealkylation sites (N-methyl/N-ethyl adjacent to an activating group) is 1. The van der Waals surface area contributed by atoms with Gasteiger partial charge in [0.25, 0.3) is 5.91 Å². The summed E-state index contributed by atoms with van der Waals surface area (Å²) >= 11 is 0. The normalized spacial score (nSPS) is 16.4. The van der Waals surface area contributed by atoms with E-state index in [1.165, 1.54) is 0 Å². The lowest BCUT2D eigenvalue weighted by Gasteiger charge is -2.32. The smallest absolute Gasteiger partial charge is 0.417 e. The standard InChI is InChI=1S/C19H20F3N3O2.2ClH/c1-23-15-3-2-10-25(12-15)18(26)13-4-7-16(8-5-13)27-17-9-6-14(11-24-17)19(20,21)22;;/h4-9,11,15,23H,2-3,10,12H2,1H3;2*1H. The molecule has 1 fully saturated rings. The van der Waals surface area contributed by atoms with Crippen molar-refractivity contribution in [2.75, 3.05) is 20.1 Å². The van der Waals surface area contributed by atoms with Gasteiger partial charge in [-0.1, -0.05) is 0 Å². The molecule has 1 atom stereocenters. The second-order valence-electron chi connectivity index (χ2n) is 6.39. The molecule has 0 aliphatic carbocycles. The van der Waals surface area contributed by atoms with E-state index in [1.807, 2.05) is 11.9 Å². The minimum atomic E-state index is -4.44. The molecule has 5 nitrogen and oxygen atoms in total. The average Bonchev–Trinajstić information content (AvgIpc) is 2.68. The van der Waals surface area contributed by atoms with Crippen LogP contribution in [0.15, 0.2) is 42.6 Å². The van der Waals surface area contributed by atoms with Gasteiger partial charge in [0.2, 0.25) is 5.88 Å². The molecule has 1 aromatic carbocycles. The first-order chi connectivity index (χ1) is 12.9. The summed E-state index contributed by atoms with van der Waals surface area (Å²) in [4.78, 5) is 18.1. The molecule has 1 aromatic heterocycles. The summed E-state index contributed by atoms with van der Waals surface area (Å²) in [6.45, 7) is 1.40. The molecule has 2 aromatic rings. The fourth-order valence-corrected chi connectivity index (χ4v) is 2.97. The van der Waals surface area contributed by atoms with Crippen LogP contribution in [0.4, 0.5) is 13.2 Å². The number of nitrogens with one attached hydrogen (secondary N) is 1.